The molecule has 0 bridgehead atoms. The summed E-state index contributed by atoms with van der Waals surface area (Å²) in [5, 5.41) is 4.14. The SMILES string of the molecule is CCOC(CCNCc1ccc(Cl)cc1)OCC. The van der Waals surface area contributed by atoms with E-state index in [-0.39, 0.29) is 6.29 Å². The van der Waals surface area contributed by atoms with Crippen molar-refractivity contribution in [2.24, 2.45) is 0 Å². The first-order valence-corrected chi connectivity index (χ1v) is 6.82. The number of halogens is 1. The summed E-state index contributed by atoms with van der Waals surface area (Å²) in [6.45, 7) is 7.03. The highest BCUT2D eigenvalue weighted by atomic mass is 35.5. The first-order valence-electron chi connectivity index (χ1n) is 6.44. The molecule has 0 atom stereocenters. The molecule has 1 N–H and O–H groups in total. The summed E-state index contributed by atoms with van der Waals surface area (Å²) >= 11 is 5.83. The van der Waals surface area contributed by atoms with Gasteiger partial charge in [0.05, 0.1) is 0 Å². The zero-order chi connectivity index (χ0) is 13.2. The normalized spacial score (nSPS) is 11.1. The zero-order valence-corrected chi connectivity index (χ0v) is 11.9. The number of nitrogens with one attached hydrogen (secondary N) is 1. The van der Waals surface area contributed by atoms with Crippen LogP contribution in [0.2, 0.25) is 5.02 Å². The molecule has 0 saturated heterocycles. The lowest BCUT2D eigenvalue weighted by Crippen LogP contribution is -2.24. The summed E-state index contributed by atoms with van der Waals surface area (Å²) in [4.78, 5) is 0. The molecule has 0 amide bonds. The van der Waals surface area contributed by atoms with E-state index in [0.717, 1.165) is 24.5 Å². The monoisotopic (exact) mass is 271 g/mol. The lowest BCUT2D eigenvalue weighted by Gasteiger charge is -2.17. The number of ether oxygens (including phenoxy) is 2. The largest absolute Gasteiger partial charge is 0.353 e. The van der Waals surface area contributed by atoms with Crippen molar-refractivity contribution in [1.82, 2.24) is 5.32 Å². The fourth-order valence-electron chi connectivity index (χ4n) is 1.64. The molecule has 0 fully saturated rings. The van der Waals surface area contributed by atoms with Crippen LogP contribution >= 0.6 is 11.6 Å². The summed E-state index contributed by atoms with van der Waals surface area (Å²) in [6, 6.07) is 7.86. The van der Waals surface area contributed by atoms with Crippen LogP contribution in [0.5, 0.6) is 0 Å². The third-order valence-electron chi connectivity index (χ3n) is 2.50. The van der Waals surface area contributed by atoms with Crippen molar-refractivity contribution in [3.63, 3.8) is 0 Å². The van der Waals surface area contributed by atoms with Crippen molar-refractivity contribution in [3.8, 4) is 0 Å². The maximum Gasteiger partial charge on any atom is 0.158 e. The highest BCUT2D eigenvalue weighted by Crippen LogP contribution is 2.09. The quantitative estimate of drug-likeness (QED) is 0.553. The molecule has 0 aliphatic heterocycles. The Hall–Kier alpha value is -0.610. The van der Waals surface area contributed by atoms with Gasteiger partial charge in [-0.3, -0.25) is 0 Å². The van der Waals surface area contributed by atoms with E-state index in [4.69, 9.17) is 21.1 Å². The highest BCUT2D eigenvalue weighted by molar-refractivity contribution is 6.30. The van der Waals surface area contributed by atoms with Gasteiger partial charge in [-0.15, -0.1) is 0 Å². The van der Waals surface area contributed by atoms with Crippen LogP contribution in [0.25, 0.3) is 0 Å². The Balaban J connectivity index is 2.18. The van der Waals surface area contributed by atoms with Crippen LogP contribution in [0.4, 0.5) is 0 Å². The van der Waals surface area contributed by atoms with Gasteiger partial charge in [-0.1, -0.05) is 23.7 Å². The maximum absolute atomic E-state index is 5.83. The molecule has 1 aromatic carbocycles. The molecule has 0 heterocycles. The lowest BCUT2D eigenvalue weighted by atomic mass is 10.2. The summed E-state index contributed by atoms with van der Waals surface area (Å²) in [6.07, 6.45) is 0.757. The average molecular weight is 272 g/mol. The molecule has 0 radical (unpaired) electrons. The number of rotatable bonds is 9. The first-order chi connectivity index (χ1) is 8.76. The summed E-state index contributed by atoms with van der Waals surface area (Å²) in [7, 11) is 0. The molecule has 0 spiro atoms. The Bertz CT molecular complexity index is 310. The Morgan fingerprint density at radius 2 is 1.72 bits per heavy atom. The van der Waals surface area contributed by atoms with Crippen LogP contribution in [0.1, 0.15) is 25.8 Å². The second kappa shape index (κ2) is 9.34. The Morgan fingerprint density at radius 1 is 1.11 bits per heavy atom. The van der Waals surface area contributed by atoms with Gasteiger partial charge >= 0.3 is 0 Å². The van der Waals surface area contributed by atoms with Crippen LogP contribution in [-0.2, 0) is 16.0 Å². The second-order valence-corrected chi connectivity index (χ2v) is 4.37. The number of benzene rings is 1. The van der Waals surface area contributed by atoms with Gasteiger partial charge in [0.2, 0.25) is 0 Å². The van der Waals surface area contributed by atoms with Crippen LogP contribution in [0.15, 0.2) is 24.3 Å². The van der Waals surface area contributed by atoms with Crippen molar-refractivity contribution in [2.45, 2.75) is 33.1 Å². The second-order valence-electron chi connectivity index (χ2n) is 3.93. The standard InChI is InChI=1S/C14H22ClNO2/c1-3-17-14(18-4-2)9-10-16-11-12-5-7-13(15)8-6-12/h5-8,14,16H,3-4,9-11H2,1-2H3. The Kier molecular flexibility index (Phi) is 8.01. The molecular formula is C14H22ClNO2. The molecule has 18 heavy (non-hydrogen) atoms. The van der Waals surface area contributed by atoms with Gasteiger partial charge in [0.1, 0.15) is 0 Å². The van der Waals surface area contributed by atoms with E-state index in [9.17, 15) is 0 Å². The van der Waals surface area contributed by atoms with E-state index in [1.165, 1.54) is 5.56 Å². The molecule has 102 valence electrons. The molecular weight excluding hydrogens is 250 g/mol. The molecule has 0 saturated carbocycles. The van der Waals surface area contributed by atoms with Crippen LogP contribution in [-0.4, -0.2) is 26.0 Å². The molecule has 0 aliphatic carbocycles. The van der Waals surface area contributed by atoms with Crippen molar-refractivity contribution in [2.75, 3.05) is 19.8 Å². The fraction of sp³-hybridized carbons (Fsp3) is 0.571. The van der Waals surface area contributed by atoms with Crippen molar-refractivity contribution >= 4 is 11.6 Å². The van der Waals surface area contributed by atoms with Crippen molar-refractivity contribution in [3.05, 3.63) is 34.9 Å². The fourth-order valence-corrected chi connectivity index (χ4v) is 1.77. The Labute approximate surface area is 114 Å². The minimum Gasteiger partial charge on any atom is -0.353 e. The van der Waals surface area contributed by atoms with Crippen molar-refractivity contribution < 1.29 is 9.47 Å². The molecule has 3 nitrogen and oxygen atoms in total. The van der Waals surface area contributed by atoms with Gasteiger partial charge in [-0.25, -0.2) is 0 Å². The summed E-state index contributed by atoms with van der Waals surface area (Å²) in [5.74, 6) is 0. The third kappa shape index (κ3) is 6.36. The van der Waals surface area contributed by atoms with E-state index in [1.807, 2.05) is 38.1 Å². The zero-order valence-electron chi connectivity index (χ0n) is 11.1. The molecule has 0 unspecified atom stereocenters. The molecule has 0 aliphatic rings. The van der Waals surface area contributed by atoms with Crippen LogP contribution in [0.3, 0.4) is 0 Å². The van der Waals surface area contributed by atoms with Gasteiger partial charge in [0.15, 0.2) is 6.29 Å². The lowest BCUT2D eigenvalue weighted by molar-refractivity contribution is -0.138. The molecule has 4 heteroatoms. The first kappa shape index (κ1) is 15.4. The minimum absolute atomic E-state index is 0.0993. The third-order valence-corrected chi connectivity index (χ3v) is 2.76. The van der Waals surface area contributed by atoms with Gasteiger partial charge in [-0.2, -0.15) is 0 Å². The predicted molar refractivity (Wildman–Crippen MR) is 74.8 cm³/mol. The minimum atomic E-state index is -0.0993. The smallest absolute Gasteiger partial charge is 0.158 e. The van der Waals surface area contributed by atoms with E-state index in [0.29, 0.717) is 13.2 Å². The van der Waals surface area contributed by atoms with Gasteiger partial charge < -0.3 is 14.8 Å². The van der Waals surface area contributed by atoms with Gasteiger partial charge in [0, 0.05) is 37.7 Å². The van der Waals surface area contributed by atoms with Crippen molar-refractivity contribution in [1.29, 1.82) is 0 Å². The summed E-state index contributed by atoms with van der Waals surface area (Å²) in [5.41, 5.74) is 1.23. The van der Waals surface area contributed by atoms with E-state index < -0.39 is 0 Å². The average Bonchev–Trinajstić information content (AvgIpc) is 2.37. The molecule has 0 aromatic heterocycles. The highest BCUT2D eigenvalue weighted by Gasteiger charge is 2.06. The van der Waals surface area contributed by atoms with E-state index in [1.54, 1.807) is 0 Å². The summed E-state index contributed by atoms with van der Waals surface area (Å²) < 4.78 is 10.9. The van der Waals surface area contributed by atoms with Gasteiger partial charge in [-0.05, 0) is 31.5 Å². The maximum atomic E-state index is 5.83. The topological polar surface area (TPSA) is 30.5 Å². The van der Waals surface area contributed by atoms with E-state index >= 15 is 0 Å². The Morgan fingerprint density at radius 3 is 2.28 bits per heavy atom. The van der Waals surface area contributed by atoms with Crippen LogP contribution < -0.4 is 5.32 Å². The van der Waals surface area contributed by atoms with Crippen LogP contribution in [0, 0.1) is 0 Å². The predicted octanol–water partition coefficient (Wildman–Crippen LogP) is 3.22. The van der Waals surface area contributed by atoms with E-state index in [2.05, 4.69) is 5.32 Å². The number of hydrogen-bond donors (Lipinski definition) is 1. The number of hydrogen-bond acceptors (Lipinski definition) is 3. The molecule has 1 rings (SSSR count). The molecule has 1 aromatic rings. The van der Waals surface area contributed by atoms with Gasteiger partial charge in [0.25, 0.3) is 0 Å².